The quantitative estimate of drug-likeness (QED) is 0.791. The first kappa shape index (κ1) is 13.4. The Balaban J connectivity index is 1.83. The van der Waals surface area contributed by atoms with Crippen LogP contribution in [0.15, 0.2) is 16.7 Å². The summed E-state index contributed by atoms with van der Waals surface area (Å²) in [4.78, 5) is 9.81. The van der Waals surface area contributed by atoms with Gasteiger partial charge in [-0.05, 0) is 60.8 Å². The minimum atomic E-state index is 0.542. The Labute approximate surface area is 124 Å². The molecule has 0 radical (unpaired) electrons. The standard InChI is InChI=1S/C15H22BrN3/c1-11-7-14(16)15(17-8-11)19-10-13-5-3-4-6-18(13)9-12(19)2/h7-8,12-13H,3-6,9-10H2,1-2H3. The lowest BCUT2D eigenvalue weighted by molar-refractivity contribution is 0.115. The number of rotatable bonds is 1. The van der Waals surface area contributed by atoms with E-state index < -0.39 is 0 Å². The second-order valence-electron chi connectivity index (χ2n) is 5.96. The Morgan fingerprint density at radius 3 is 2.95 bits per heavy atom. The smallest absolute Gasteiger partial charge is 0.143 e. The van der Waals surface area contributed by atoms with Crippen molar-refractivity contribution < 1.29 is 0 Å². The van der Waals surface area contributed by atoms with E-state index in [4.69, 9.17) is 0 Å². The number of piperazine rings is 1. The van der Waals surface area contributed by atoms with E-state index in [9.17, 15) is 0 Å². The number of aryl methyl sites for hydroxylation is 1. The predicted octanol–water partition coefficient (Wildman–Crippen LogP) is 3.22. The van der Waals surface area contributed by atoms with Gasteiger partial charge in [0.2, 0.25) is 0 Å². The maximum atomic E-state index is 4.65. The van der Waals surface area contributed by atoms with Crippen molar-refractivity contribution in [1.29, 1.82) is 0 Å². The molecule has 0 aromatic carbocycles. The lowest BCUT2D eigenvalue weighted by Gasteiger charge is -2.48. The second kappa shape index (κ2) is 5.41. The number of nitrogens with zero attached hydrogens (tertiary/aromatic N) is 3. The topological polar surface area (TPSA) is 19.4 Å². The van der Waals surface area contributed by atoms with Gasteiger partial charge in [0.05, 0.1) is 4.47 Å². The van der Waals surface area contributed by atoms with Crippen LogP contribution in [0.1, 0.15) is 31.7 Å². The molecule has 0 amide bonds. The van der Waals surface area contributed by atoms with Gasteiger partial charge in [0, 0.05) is 31.4 Å². The van der Waals surface area contributed by atoms with Crippen molar-refractivity contribution in [2.24, 2.45) is 0 Å². The summed E-state index contributed by atoms with van der Waals surface area (Å²) in [5.41, 5.74) is 1.21. The van der Waals surface area contributed by atoms with Gasteiger partial charge in [0.15, 0.2) is 0 Å². The number of anilines is 1. The highest BCUT2D eigenvalue weighted by atomic mass is 79.9. The molecule has 0 saturated carbocycles. The fraction of sp³-hybridized carbons (Fsp3) is 0.667. The first-order valence-corrected chi connectivity index (χ1v) is 8.07. The van der Waals surface area contributed by atoms with E-state index in [1.807, 2.05) is 6.20 Å². The molecule has 2 unspecified atom stereocenters. The van der Waals surface area contributed by atoms with E-state index in [-0.39, 0.29) is 0 Å². The fourth-order valence-electron chi connectivity index (χ4n) is 3.38. The average molecular weight is 324 g/mol. The van der Waals surface area contributed by atoms with E-state index in [0.29, 0.717) is 6.04 Å². The molecule has 3 nitrogen and oxygen atoms in total. The zero-order chi connectivity index (χ0) is 13.4. The molecule has 3 rings (SSSR count). The van der Waals surface area contributed by atoms with Crippen LogP contribution in [0, 0.1) is 6.92 Å². The maximum absolute atomic E-state index is 4.65. The zero-order valence-electron chi connectivity index (χ0n) is 11.8. The van der Waals surface area contributed by atoms with Gasteiger partial charge >= 0.3 is 0 Å². The summed E-state index contributed by atoms with van der Waals surface area (Å²) in [6, 6.07) is 3.43. The number of piperidine rings is 1. The van der Waals surface area contributed by atoms with Crippen molar-refractivity contribution in [1.82, 2.24) is 9.88 Å². The third-order valence-corrected chi connectivity index (χ3v) is 5.00. The molecule has 2 aliphatic rings. The van der Waals surface area contributed by atoms with Gasteiger partial charge < -0.3 is 4.90 Å². The van der Waals surface area contributed by atoms with E-state index in [2.05, 4.69) is 50.6 Å². The van der Waals surface area contributed by atoms with E-state index >= 15 is 0 Å². The van der Waals surface area contributed by atoms with E-state index in [1.165, 1.54) is 37.9 Å². The highest BCUT2D eigenvalue weighted by Gasteiger charge is 2.34. The summed E-state index contributed by atoms with van der Waals surface area (Å²) in [5.74, 6) is 1.11. The van der Waals surface area contributed by atoms with Crippen molar-refractivity contribution in [3.05, 3.63) is 22.3 Å². The lowest BCUT2D eigenvalue weighted by Crippen LogP contribution is -2.59. The largest absolute Gasteiger partial charge is 0.350 e. The number of fused-ring (bicyclic) bond motifs is 1. The lowest BCUT2D eigenvalue weighted by atomic mass is 9.97. The van der Waals surface area contributed by atoms with Gasteiger partial charge in [-0.15, -0.1) is 0 Å². The molecule has 0 spiro atoms. The summed E-state index contributed by atoms with van der Waals surface area (Å²) in [6.45, 7) is 7.98. The number of aromatic nitrogens is 1. The third-order valence-electron chi connectivity index (χ3n) is 4.42. The van der Waals surface area contributed by atoms with Crippen molar-refractivity contribution in [3.63, 3.8) is 0 Å². The van der Waals surface area contributed by atoms with Gasteiger partial charge in [-0.25, -0.2) is 4.98 Å². The Morgan fingerprint density at radius 1 is 1.32 bits per heavy atom. The first-order valence-electron chi connectivity index (χ1n) is 7.28. The molecule has 2 saturated heterocycles. The molecule has 1 aromatic rings. The van der Waals surface area contributed by atoms with Crippen LogP contribution in [0.4, 0.5) is 5.82 Å². The molecule has 1 aromatic heterocycles. The first-order chi connectivity index (χ1) is 9.15. The minimum absolute atomic E-state index is 0.542. The van der Waals surface area contributed by atoms with Crippen molar-refractivity contribution in [2.45, 2.75) is 45.2 Å². The number of pyridine rings is 1. The molecule has 4 heteroatoms. The van der Waals surface area contributed by atoms with Crippen LogP contribution in [0.3, 0.4) is 0 Å². The molecular weight excluding hydrogens is 302 g/mol. The monoisotopic (exact) mass is 323 g/mol. The summed E-state index contributed by atoms with van der Waals surface area (Å²) < 4.78 is 1.13. The van der Waals surface area contributed by atoms with Crippen LogP contribution in [0.25, 0.3) is 0 Å². The summed E-state index contributed by atoms with van der Waals surface area (Å²) in [7, 11) is 0. The highest BCUT2D eigenvalue weighted by molar-refractivity contribution is 9.10. The van der Waals surface area contributed by atoms with Crippen LogP contribution in [-0.4, -0.2) is 41.6 Å². The van der Waals surface area contributed by atoms with Gasteiger partial charge in [-0.3, -0.25) is 4.90 Å². The summed E-state index contributed by atoms with van der Waals surface area (Å²) >= 11 is 3.68. The Bertz CT molecular complexity index is 463. The van der Waals surface area contributed by atoms with E-state index in [0.717, 1.165) is 22.9 Å². The van der Waals surface area contributed by atoms with Crippen LogP contribution in [-0.2, 0) is 0 Å². The molecule has 0 N–H and O–H groups in total. The minimum Gasteiger partial charge on any atom is -0.350 e. The van der Waals surface area contributed by atoms with Gasteiger partial charge in [0.25, 0.3) is 0 Å². The van der Waals surface area contributed by atoms with Crippen LogP contribution in [0.5, 0.6) is 0 Å². The molecule has 0 aliphatic carbocycles. The molecule has 2 atom stereocenters. The molecule has 2 aliphatic heterocycles. The molecule has 0 bridgehead atoms. The van der Waals surface area contributed by atoms with E-state index in [1.54, 1.807) is 0 Å². The van der Waals surface area contributed by atoms with Crippen molar-refractivity contribution in [3.8, 4) is 0 Å². The van der Waals surface area contributed by atoms with Gasteiger partial charge in [0.1, 0.15) is 5.82 Å². The van der Waals surface area contributed by atoms with Crippen LogP contribution < -0.4 is 4.90 Å². The molecule has 2 fully saturated rings. The highest BCUT2D eigenvalue weighted by Crippen LogP contribution is 2.31. The SMILES string of the molecule is Cc1cnc(N2CC3CCCCN3CC2C)c(Br)c1. The van der Waals surface area contributed by atoms with Crippen molar-refractivity contribution in [2.75, 3.05) is 24.5 Å². The van der Waals surface area contributed by atoms with Gasteiger partial charge in [-0.1, -0.05) is 6.42 Å². The summed E-state index contributed by atoms with van der Waals surface area (Å²) in [6.07, 6.45) is 6.06. The zero-order valence-corrected chi connectivity index (χ0v) is 13.4. The molecular formula is C15H22BrN3. The third kappa shape index (κ3) is 2.65. The Hall–Kier alpha value is -0.610. The Morgan fingerprint density at radius 2 is 2.16 bits per heavy atom. The predicted molar refractivity (Wildman–Crippen MR) is 82.7 cm³/mol. The number of hydrogen-bond acceptors (Lipinski definition) is 3. The van der Waals surface area contributed by atoms with Gasteiger partial charge in [-0.2, -0.15) is 0 Å². The maximum Gasteiger partial charge on any atom is 0.143 e. The Kier molecular flexibility index (Phi) is 3.81. The average Bonchev–Trinajstić information content (AvgIpc) is 2.38. The molecule has 19 heavy (non-hydrogen) atoms. The van der Waals surface area contributed by atoms with Crippen LogP contribution in [0.2, 0.25) is 0 Å². The molecule has 3 heterocycles. The normalized spacial score (nSPS) is 28.3. The fourth-order valence-corrected chi connectivity index (χ4v) is 4.08. The summed E-state index contributed by atoms with van der Waals surface area (Å²) in [5, 5.41) is 0. The number of hydrogen-bond donors (Lipinski definition) is 0. The van der Waals surface area contributed by atoms with Crippen LogP contribution >= 0.6 is 15.9 Å². The number of halogens is 1. The molecule has 104 valence electrons. The second-order valence-corrected chi connectivity index (χ2v) is 6.82. The van der Waals surface area contributed by atoms with Crippen molar-refractivity contribution >= 4 is 21.7 Å².